The molecule has 0 unspecified atom stereocenters. The number of amides is 2. The Morgan fingerprint density at radius 3 is 2.77 bits per heavy atom. The summed E-state index contributed by atoms with van der Waals surface area (Å²) >= 11 is 0. The average Bonchev–Trinajstić information content (AvgIpc) is 3.22. The number of hydrogen-bond donors (Lipinski definition) is 0. The van der Waals surface area contributed by atoms with Crippen molar-refractivity contribution in [3.05, 3.63) is 65.5 Å². The van der Waals surface area contributed by atoms with Gasteiger partial charge in [-0.1, -0.05) is 35.9 Å². The molecule has 134 valence electrons. The summed E-state index contributed by atoms with van der Waals surface area (Å²) in [5, 5.41) is 0. The van der Waals surface area contributed by atoms with Crippen molar-refractivity contribution in [2.45, 2.75) is 26.3 Å². The van der Waals surface area contributed by atoms with Gasteiger partial charge in [0.1, 0.15) is 5.69 Å². The maximum absolute atomic E-state index is 13.1. The molecule has 5 nitrogen and oxygen atoms in total. The van der Waals surface area contributed by atoms with Crippen LogP contribution >= 0.6 is 0 Å². The molecule has 1 aromatic heterocycles. The number of aromatic nitrogens is 1. The van der Waals surface area contributed by atoms with Crippen LogP contribution in [0, 0.1) is 12.3 Å². The van der Waals surface area contributed by atoms with Gasteiger partial charge in [0.05, 0.1) is 5.41 Å². The lowest BCUT2D eigenvalue weighted by atomic mass is 9.85. The molecule has 0 aliphatic carbocycles. The number of benzene rings is 1. The van der Waals surface area contributed by atoms with Gasteiger partial charge >= 0.3 is 0 Å². The zero-order chi connectivity index (χ0) is 18.1. The summed E-state index contributed by atoms with van der Waals surface area (Å²) in [4.78, 5) is 33.6. The van der Waals surface area contributed by atoms with Crippen molar-refractivity contribution in [3.63, 3.8) is 0 Å². The number of rotatable bonds is 3. The highest BCUT2D eigenvalue weighted by Crippen LogP contribution is 2.41. The number of aryl methyl sites for hydroxylation is 1. The summed E-state index contributed by atoms with van der Waals surface area (Å²) in [6, 6.07) is 13.6. The van der Waals surface area contributed by atoms with Gasteiger partial charge in [0, 0.05) is 32.4 Å². The Hall–Kier alpha value is -2.69. The van der Waals surface area contributed by atoms with Crippen molar-refractivity contribution in [1.82, 2.24) is 14.8 Å². The second-order valence-corrected chi connectivity index (χ2v) is 7.44. The van der Waals surface area contributed by atoms with E-state index in [4.69, 9.17) is 0 Å². The minimum atomic E-state index is -0.408. The fraction of sp³-hybridized carbons (Fsp3) is 0.381. The number of pyridine rings is 1. The highest BCUT2D eigenvalue weighted by molar-refractivity contribution is 5.94. The molecule has 2 fully saturated rings. The van der Waals surface area contributed by atoms with E-state index in [0.717, 1.165) is 24.9 Å². The lowest BCUT2D eigenvalue weighted by Crippen LogP contribution is -2.38. The van der Waals surface area contributed by atoms with E-state index < -0.39 is 5.41 Å². The predicted octanol–water partition coefficient (Wildman–Crippen LogP) is 2.65. The molecule has 0 N–H and O–H groups in total. The minimum absolute atomic E-state index is 0.0765. The molecule has 2 aliphatic heterocycles. The quantitative estimate of drug-likeness (QED) is 0.856. The first-order valence-corrected chi connectivity index (χ1v) is 9.13. The van der Waals surface area contributed by atoms with Crippen molar-refractivity contribution < 1.29 is 9.59 Å². The third-order valence-electron chi connectivity index (χ3n) is 5.58. The van der Waals surface area contributed by atoms with Crippen molar-refractivity contribution in [2.75, 3.05) is 19.6 Å². The second-order valence-electron chi connectivity index (χ2n) is 7.44. The van der Waals surface area contributed by atoms with Crippen LogP contribution in [-0.4, -0.2) is 46.2 Å². The Morgan fingerprint density at radius 1 is 1.15 bits per heavy atom. The molecular formula is C21H23N3O2. The van der Waals surface area contributed by atoms with E-state index in [-0.39, 0.29) is 11.8 Å². The molecule has 0 radical (unpaired) electrons. The standard InChI is InChI=1S/C21H23N3O2/c1-16-5-4-6-17(13-16)14-23-11-8-21(20(23)26)9-12-24(15-21)19(25)18-7-2-3-10-22-18/h2-7,10,13H,8-9,11-12,14-15H2,1H3/t21-/m0/s1. The molecule has 1 aromatic carbocycles. The summed E-state index contributed by atoms with van der Waals surface area (Å²) < 4.78 is 0. The molecule has 3 heterocycles. The van der Waals surface area contributed by atoms with Gasteiger partial charge < -0.3 is 9.80 Å². The molecule has 1 spiro atoms. The first-order chi connectivity index (χ1) is 12.6. The Labute approximate surface area is 153 Å². The Balaban J connectivity index is 1.45. The van der Waals surface area contributed by atoms with Gasteiger partial charge in [-0.3, -0.25) is 14.6 Å². The molecule has 0 saturated carbocycles. The predicted molar refractivity (Wildman–Crippen MR) is 98.4 cm³/mol. The summed E-state index contributed by atoms with van der Waals surface area (Å²) in [7, 11) is 0. The van der Waals surface area contributed by atoms with Crippen LogP contribution in [0.3, 0.4) is 0 Å². The summed E-state index contributed by atoms with van der Waals surface area (Å²) in [5.74, 6) is 0.114. The largest absolute Gasteiger partial charge is 0.338 e. The summed E-state index contributed by atoms with van der Waals surface area (Å²) in [5.41, 5.74) is 2.41. The van der Waals surface area contributed by atoms with Crippen LogP contribution in [0.15, 0.2) is 48.7 Å². The first-order valence-electron chi connectivity index (χ1n) is 9.13. The summed E-state index contributed by atoms with van der Waals surface area (Å²) in [6.45, 7) is 4.61. The zero-order valence-corrected chi connectivity index (χ0v) is 15.0. The zero-order valence-electron chi connectivity index (χ0n) is 15.0. The maximum Gasteiger partial charge on any atom is 0.272 e. The third-order valence-corrected chi connectivity index (χ3v) is 5.58. The monoisotopic (exact) mass is 349 g/mol. The molecule has 2 saturated heterocycles. The average molecular weight is 349 g/mol. The molecule has 2 aliphatic rings. The van der Waals surface area contributed by atoms with E-state index in [9.17, 15) is 9.59 Å². The normalized spacial score (nSPS) is 22.4. The maximum atomic E-state index is 13.1. The van der Waals surface area contributed by atoms with E-state index in [0.29, 0.717) is 25.3 Å². The van der Waals surface area contributed by atoms with E-state index in [1.165, 1.54) is 5.56 Å². The van der Waals surface area contributed by atoms with Gasteiger partial charge in [-0.05, 0) is 37.5 Å². The molecular weight excluding hydrogens is 326 g/mol. The fourth-order valence-corrected chi connectivity index (χ4v) is 4.15. The van der Waals surface area contributed by atoms with Gasteiger partial charge in [-0.15, -0.1) is 0 Å². The number of nitrogens with zero attached hydrogens (tertiary/aromatic N) is 3. The van der Waals surface area contributed by atoms with E-state index >= 15 is 0 Å². The molecule has 1 atom stereocenters. The second kappa shape index (κ2) is 6.56. The van der Waals surface area contributed by atoms with Crippen LogP contribution in [0.1, 0.15) is 34.5 Å². The summed E-state index contributed by atoms with van der Waals surface area (Å²) in [6.07, 6.45) is 3.20. The van der Waals surface area contributed by atoms with Crippen LogP contribution < -0.4 is 0 Å². The topological polar surface area (TPSA) is 53.5 Å². The van der Waals surface area contributed by atoms with Crippen LogP contribution in [0.25, 0.3) is 0 Å². The number of likely N-dealkylation sites (tertiary alicyclic amines) is 2. The van der Waals surface area contributed by atoms with Crippen LogP contribution in [0.5, 0.6) is 0 Å². The first kappa shape index (κ1) is 16.8. The van der Waals surface area contributed by atoms with Crippen molar-refractivity contribution in [2.24, 2.45) is 5.41 Å². The third kappa shape index (κ3) is 2.98. The highest BCUT2D eigenvalue weighted by atomic mass is 16.2. The Morgan fingerprint density at radius 2 is 2.00 bits per heavy atom. The Bertz CT molecular complexity index is 836. The van der Waals surface area contributed by atoms with Crippen LogP contribution in [0.4, 0.5) is 0 Å². The van der Waals surface area contributed by atoms with Gasteiger partial charge in [0.15, 0.2) is 0 Å². The highest BCUT2D eigenvalue weighted by Gasteiger charge is 2.51. The van der Waals surface area contributed by atoms with Crippen LogP contribution in [-0.2, 0) is 11.3 Å². The molecule has 4 rings (SSSR count). The number of hydrogen-bond acceptors (Lipinski definition) is 3. The fourth-order valence-electron chi connectivity index (χ4n) is 4.15. The molecule has 0 bridgehead atoms. The van der Waals surface area contributed by atoms with Gasteiger partial charge in [0.25, 0.3) is 5.91 Å². The van der Waals surface area contributed by atoms with Crippen molar-refractivity contribution >= 4 is 11.8 Å². The minimum Gasteiger partial charge on any atom is -0.338 e. The van der Waals surface area contributed by atoms with Gasteiger partial charge in [-0.2, -0.15) is 0 Å². The van der Waals surface area contributed by atoms with E-state index in [1.54, 1.807) is 23.2 Å². The molecule has 26 heavy (non-hydrogen) atoms. The smallest absolute Gasteiger partial charge is 0.272 e. The lowest BCUT2D eigenvalue weighted by molar-refractivity contribution is -0.135. The molecule has 2 aromatic rings. The Kier molecular flexibility index (Phi) is 4.23. The van der Waals surface area contributed by atoms with E-state index in [2.05, 4.69) is 30.1 Å². The van der Waals surface area contributed by atoms with Crippen molar-refractivity contribution in [1.29, 1.82) is 0 Å². The molecule has 2 amide bonds. The van der Waals surface area contributed by atoms with Crippen molar-refractivity contribution in [3.8, 4) is 0 Å². The number of carbonyl (C=O) groups excluding carboxylic acids is 2. The molecule has 5 heteroatoms. The van der Waals surface area contributed by atoms with Gasteiger partial charge in [0.2, 0.25) is 5.91 Å². The lowest BCUT2D eigenvalue weighted by Gasteiger charge is -2.23. The number of carbonyl (C=O) groups is 2. The SMILES string of the molecule is Cc1cccc(CN2CC[C@@]3(CCN(C(=O)c4ccccn4)C3)C2=O)c1. The van der Waals surface area contributed by atoms with E-state index in [1.807, 2.05) is 17.0 Å². The van der Waals surface area contributed by atoms with Gasteiger partial charge in [-0.25, -0.2) is 0 Å². The van der Waals surface area contributed by atoms with Crippen LogP contribution in [0.2, 0.25) is 0 Å².